The number of halogens is 2. The molecule has 1 aliphatic rings. The van der Waals surface area contributed by atoms with E-state index in [9.17, 15) is 18.3 Å². The van der Waals surface area contributed by atoms with Gasteiger partial charge in [-0.15, -0.1) is 10.2 Å². The van der Waals surface area contributed by atoms with Gasteiger partial charge in [0.05, 0.1) is 4.90 Å². The van der Waals surface area contributed by atoms with Crippen LogP contribution in [0, 0.1) is 0 Å². The molecule has 0 saturated heterocycles. The van der Waals surface area contributed by atoms with Crippen LogP contribution in [0.4, 0.5) is 5.13 Å². The maximum Gasteiger partial charge on any atom is 0.296 e. The molecule has 0 fully saturated rings. The summed E-state index contributed by atoms with van der Waals surface area (Å²) in [5, 5.41) is 20.4. The second kappa shape index (κ2) is 8.23. The molecular formula is C20H15Cl2N3O4S2. The first-order chi connectivity index (χ1) is 14.7. The van der Waals surface area contributed by atoms with Gasteiger partial charge < -0.3 is 5.11 Å². The number of hydrogen-bond acceptors (Lipinski definition) is 7. The van der Waals surface area contributed by atoms with Crippen molar-refractivity contribution in [3.05, 3.63) is 79.8 Å². The molecule has 2 heterocycles. The number of nitrogens with zero attached hydrogens (tertiary/aromatic N) is 3. The molecule has 160 valence electrons. The number of aliphatic hydroxyl groups is 1. The topological polar surface area (TPSA) is 100 Å². The largest absolute Gasteiger partial charge is 0.502 e. The minimum Gasteiger partial charge on any atom is -0.502 e. The third-order valence-corrected chi connectivity index (χ3v) is 8.18. The van der Waals surface area contributed by atoms with Crippen LogP contribution in [0.3, 0.4) is 0 Å². The van der Waals surface area contributed by atoms with Crippen LogP contribution in [-0.4, -0.2) is 29.6 Å². The van der Waals surface area contributed by atoms with E-state index in [1.807, 2.05) is 6.92 Å². The van der Waals surface area contributed by atoms with Crippen LogP contribution in [0.5, 0.6) is 0 Å². The molecule has 3 aromatic rings. The normalized spacial score (nSPS) is 16.9. The molecular weight excluding hydrogens is 481 g/mol. The van der Waals surface area contributed by atoms with Crippen LogP contribution in [0.25, 0.3) is 0 Å². The number of aromatic nitrogens is 2. The van der Waals surface area contributed by atoms with E-state index in [2.05, 4.69) is 10.2 Å². The van der Waals surface area contributed by atoms with Crippen molar-refractivity contribution in [1.82, 2.24) is 10.2 Å². The molecule has 11 heteroatoms. The van der Waals surface area contributed by atoms with E-state index >= 15 is 0 Å². The quantitative estimate of drug-likeness (QED) is 0.548. The molecule has 4 rings (SSSR count). The van der Waals surface area contributed by atoms with Crippen LogP contribution in [-0.2, 0) is 21.1 Å². The summed E-state index contributed by atoms with van der Waals surface area (Å²) in [5.74, 6) is -1.73. The Labute approximate surface area is 192 Å². The number of amides is 1. The first kappa shape index (κ1) is 21.8. The first-order valence-corrected chi connectivity index (χ1v) is 12.1. The number of rotatable bonds is 5. The Morgan fingerprint density at radius 3 is 2.16 bits per heavy atom. The van der Waals surface area contributed by atoms with Gasteiger partial charge in [-0.25, -0.2) is 8.42 Å². The summed E-state index contributed by atoms with van der Waals surface area (Å²) < 4.78 is 27.0. The van der Waals surface area contributed by atoms with E-state index in [0.717, 1.165) is 16.2 Å². The molecule has 1 atom stereocenters. The predicted octanol–water partition coefficient (Wildman–Crippen LogP) is 4.74. The number of carbonyl (C=O) groups is 1. The summed E-state index contributed by atoms with van der Waals surface area (Å²) in [6.07, 6.45) is 0.598. The highest BCUT2D eigenvalue weighted by Crippen LogP contribution is 2.45. The zero-order valence-corrected chi connectivity index (χ0v) is 19.1. The van der Waals surface area contributed by atoms with Gasteiger partial charge >= 0.3 is 0 Å². The lowest BCUT2D eigenvalue weighted by Gasteiger charge is -2.24. The van der Waals surface area contributed by atoms with E-state index < -0.39 is 32.5 Å². The molecule has 0 bridgehead atoms. The highest BCUT2D eigenvalue weighted by atomic mass is 35.5. The molecule has 0 radical (unpaired) electrons. The number of benzene rings is 2. The Balaban J connectivity index is 1.92. The number of carbonyl (C=O) groups excluding carboxylic acids is 1. The lowest BCUT2D eigenvalue weighted by molar-refractivity contribution is -0.117. The average molecular weight is 496 g/mol. The standard InChI is InChI=1S/C20H15Cl2N3O4S2/c1-2-15-23-24-20(30-15)25-16(11-3-5-12(21)6-4-11)18(17(26)19(25)27)31(28,29)14-9-7-13(22)8-10-14/h3-10,16,26H,2H2,1H3/t16-/m0/s1. The zero-order valence-electron chi connectivity index (χ0n) is 16.0. The van der Waals surface area contributed by atoms with Gasteiger partial charge in [0.15, 0.2) is 5.76 Å². The van der Waals surface area contributed by atoms with E-state index in [1.54, 1.807) is 24.3 Å². The molecule has 1 amide bonds. The number of hydrogen-bond donors (Lipinski definition) is 1. The van der Waals surface area contributed by atoms with Crippen LogP contribution in [0.1, 0.15) is 23.5 Å². The summed E-state index contributed by atoms with van der Waals surface area (Å²) in [6.45, 7) is 1.89. The van der Waals surface area contributed by atoms with Gasteiger partial charge in [-0.2, -0.15) is 0 Å². The van der Waals surface area contributed by atoms with Crippen LogP contribution in [0.2, 0.25) is 10.0 Å². The van der Waals surface area contributed by atoms with Crippen molar-refractivity contribution >= 4 is 55.4 Å². The molecule has 0 unspecified atom stereocenters. The third-order valence-electron chi connectivity index (χ3n) is 4.73. The fourth-order valence-corrected chi connectivity index (χ4v) is 5.91. The Morgan fingerprint density at radius 1 is 1.03 bits per heavy atom. The SMILES string of the molecule is CCc1nnc(N2C(=O)C(O)=C(S(=O)(=O)c3ccc(Cl)cc3)[C@@H]2c2ccc(Cl)cc2)s1. The Morgan fingerprint density at radius 2 is 1.61 bits per heavy atom. The molecule has 0 saturated carbocycles. The lowest BCUT2D eigenvalue weighted by atomic mass is 10.1. The van der Waals surface area contributed by atoms with Crippen molar-refractivity contribution < 1.29 is 18.3 Å². The fraction of sp³-hybridized carbons (Fsp3) is 0.150. The number of aliphatic hydroxyl groups excluding tert-OH is 1. The summed E-state index contributed by atoms with van der Waals surface area (Å²) >= 11 is 13.0. The summed E-state index contributed by atoms with van der Waals surface area (Å²) in [4.78, 5) is 13.7. The molecule has 0 spiro atoms. The monoisotopic (exact) mass is 495 g/mol. The molecule has 1 aromatic heterocycles. The molecule has 1 aliphatic heterocycles. The Hall–Kier alpha value is -2.46. The van der Waals surface area contributed by atoms with Gasteiger partial charge in [0.2, 0.25) is 15.0 Å². The summed E-state index contributed by atoms with van der Waals surface area (Å²) in [5.41, 5.74) is 0.447. The van der Waals surface area contributed by atoms with Gasteiger partial charge in [0, 0.05) is 10.0 Å². The van der Waals surface area contributed by atoms with Gasteiger partial charge in [0.1, 0.15) is 16.0 Å². The third kappa shape index (κ3) is 3.82. The Bertz CT molecular complexity index is 1290. The average Bonchev–Trinajstić information content (AvgIpc) is 3.32. The zero-order chi connectivity index (χ0) is 22.3. The van der Waals surface area contributed by atoms with E-state index in [1.165, 1.54) is 24.3 Å². The smallest absolute Gasteiger partial charge is 0.296 e. The molecule has 0 aliphatic carbocycles. The van der Waals surface area contributed by atoms with Crippen LogP contribution < -0.4 is 4.90 Å². The molecule has 1 N–H and O–H groups in total. The van der Waals surface area contributed by atoms with E-state index in [0.29, 0.717) is 27.0 Å². The van der Waals surface area contributed by atoms with Gasteiger partial charge in [-0.1, -0.05) is 53.6 Å². The molecule has 7 nitrogen and oxygen atoms in total. The van der Waals surface area contributed by atoms with Crippen LogP contribution in [0.15, 0.2) is 64.1 Å². The first-order valence-electron chi connectivity index (χ1n) is 9.09. The van der Waals surface area contributed by atoms with Crippen molar-refractivity contribution in [2.75, 3.05) is 4.90 Å². The maximum atomic E-state index is 13.5. The predicted molar refractivity (Wildman–Crippen MR) is 119 cm³/mol. The maximum absolute atomic E-state index is 13.5. The number of sulfone groups is 1. The van der Waals surface area contributed by atoms with Crippen LogP contribution >= 0.6 is 34.5 Å². The van der Waals surface area contributed by atoms with E-state index in [-0.39, 0.29) is 10.0 Å². The van der Waals surface area contributed by atoms with Gasteiger partial charge in [-0.05, 0) is 48.4 Å². The molecule has 2 aromatic carbocycles. The highest BCUT2D eigenvalue weighted by Gasteiger charge is 2.48. The minimum atomic E-state index is -4.25. The number of aryl methyl sites for hydroxylation is 1. The van der Waals surface area contributed by atoms with Crippen molar-refractivity contribution in [2.45, 2.75) is 24.3 Å². The summed E-state index contributed by atoms with van der Waals surface area (Å²) in [7, 11) is -4.25. The second-order valence-electron chi connectivity index (χ2n) is 6.63. The van der Waals surface area contributed by atoms with Crippen molar-refractivity contribution in [3.63, 3.8) is 0 Å². The summed E-state index contributed by atoms with van der Waals surface area (Å²) in [6, 6.07) is 10.7. The van der Waals surface area contributed by atoms with E-state index in [4.69, 9.17) is 23.2 Å². The number of anilines is 1. The van der Waals surface area contributed by atoms with Gasteiger partial charge in [-0.3, -0.25) is 9.69 Å². The lowest BCUT2D eigenvalue weighted by Crippen LogP contribution is -2.31. The highest BCUT2D eigenvalue weighted by molar-refractivity contribution is 7.95. The van der Waals surface area contributed by atoms with Crippen molar-refractivity contribution in [2.24, 2.45) is 0 Å². The fourth-order valence-electron chi connectivity index (χ4n) is 3.23. The van der Waals surface area contributed by atoms with Gasteiger partial charge in [0.25, 0.3) is 5.91 Å². The minimum absolute atomic E-state index is 0.0985. The second-order valence-corrected chi connectivity index (χ2v) is 10.5. The Kier molecular flexibility index (Phi) is 5.78. The van der Waals surface area contributed by atoms with Crippen molar-refractivity contribution in [1.29, 1.82) is 0 Å². The molecule has 31 heavy (non-hydrogen) atoms. The van der Waals surface area contributed by atoms with Crippen molar-refractivity contribution in [3.8, 4) is 0 Å².